The molecular weight excluding hydrogens is 294 g/mol. The first-order valence-electron chi connectivity index (χ1n) is 6.53. The van der Waals surface area contributed by atoms with E-state index in [0.717, 1.165) is 24.2 Å². The van der Waals surface area contributed by atoms with Crippen molar-refractivity contribution in [1.29, 1.82) is 0 Å². The van der Waals surface area contributed by atoms with Crippen molar-refractivity contribution < 1.29 is 4.79 Å². The maximum absolute atomic E-state index is 12.5. The van der Waals surface area contributed by atoms with E-state index in [2.05, 4.69) is 4.90 Å². The molecule has 2 rings (SSSR count). The zero-order valence-corrected chi connectivity index (χ0v) is 13.0. The highest BCUT2D eigenvalue weighted by atomic mass is 35.5. The van der Waals surface area contributed by atoms with E-state index in [1.165, 1.54) is 0 Å². The molecule has 0 atom stereocenters. The molecule has 1 aromatic rings. The normalized spacial score (nSPS) is 16.2. The van der Waals surface area contributed by atoms with Crippen LogP contribution < -0.4 is 5.73 Å². The van der Waals surface area contributed by atoms with Gasteiger partial charge in [0.25, 0.3) is 5.91 Å². The minimum absolute atomic E-state index is 0.0640. The third-order valence-corrected chi connectivity index (χ3v) is 3.82. The highest BCUT2D eigenvalue weighted by molar-refractivity contribution is 7.80. The van der Waals surface area contributed by atoms with E-state index >= 15 is 0 Å². The quantitative estimate of drug-likeness (QED) is 0.863. The summed E-state index contributed by atoms with van der Waals surface area (Å²) in [5.41, 5.74) is 7.17. The first kappa shape index (κ1) is 15.2. The van der Waals surface area contributed by atoms with Crippen molar-refractivity contribution in [3.63, 3.8) is 0 Å². The second kappa shape index (κ2) is 6.52. The van der Waals surface area contributed by atoms with E-state index in [4.69, 9.17) is 29.6 Å². The molecule has 1 amide bonds. The molecule has 2 N–H and O–H groups in total. The average Bonchev–Trinajstić information content (AvgIpc) is 2.38. The average molecular weight is 312 g/mol. The number of carbonyl (C=O) groups excluding carboxylic acids is 1. The molecule has 0 bridgehead atoms. The molecule has 1 aliphatic rings. The van der Waals surface area contributed by atoms with Crippen LogP contribution in [-0.2, 0) is 0 Å². The number of hydrogen-bond acceptors (Lipinski definition) is 3. The van der Waals surface area contributed by atoms with E-state index < -0.39 is 0 Å². The largest absolute Gasteiger partial charge is 0.392 e. The Labute approximate surface area is 129 Å². The number of carbonyl (C=O) groups is 1. The lowest BCUT2D eigenvalue weighted by Gasteiger charge is -2.34. The van der Waals surface area contributed by atoms with Gasteiger partial charge in [0.2, 0.25) is 0 Å². The summed E-state index contributed by atoms with van der Waals surface area (Å²) < 4.78 is 0. The highest BCUT2D eigenvalue weighted by Gasteiger charge is 2.23. The number of halogens is 1. The van der Waals surface area contributed by atoms with E-state index in [9.17, 15) is 4.79 Å². The van der Waals surface area contributed by atoms with Crippen molar-refractivity contribution in [2.24, 2.45) is 5.73 Å². The van der Waals surface area contributed by atoms with Crippen LogP contribution in [0, 0.1) is 6.92 Å². The molecule has 4 nitrogen and oxygen atoms in total. The van der Waals surface area contributed by atoms with Crippen LogP contribution in [0.2, 0.25) is 5.02 Å². The predicted molar refractivity (Wildman–Crippen MR) is 85.3 cm³/mol. The molecule has 0 unspecified atom stereocenters. The Morgan fingerprint density at radius 1 is 1.35 bits per heavy atom. The fraction of sp³-hybridized carbons (Fsp3) is 0.429. The summed E-state index contributed by atoms with van der Waals surface area (Å²) in [7, 11) is 0. The molecule has 1 aromatic carbocycles. The van der Waals surface area contributed by atoms with Gasteiger partial charge in [-0.15, -0.1) is 0 Å². The van der Waals surface area contributed by atoms with Gasteiger partial charge in [-0.05, 0) is 30.7 Å². The fourth-order valence-corrected chi connectivity index (χ4v) is 2.78. The number of aryl methyl sites for hydroxylation is 1. The molecule has 0 spiro atoms. The Morgan fingerprint density at radius 3 is 2.55 bits per heavy atom. The molecule has 1 saturated heterocycles. The maximum Gasteiger partial charge on any atom is 0.254 e. The van der Waals surface area contributed by atoms with Crippen molar-refractivity contribution in [1.82, 2.24) is 9.80 Å². The van der Waals surface area contributed by atoms with Crippen molar-refractivity contribution in [2.75, 3.05) is 32.7 Å². The minimum Gasteiger partial charge on any atom is -0.392 e. The molecule has 108 valence electrons. The van der Waals surface area contributed by atoms with Crippen molar-refractivity contribution in [3.8, 4) is 0 Å². The number of thiocarbonyl (C=S) groups is 1. The van der Waals surface area contributed by atoms with E-state index in [-0.39, 0.29) is 5.91 Å². The molecule has 0 aromatic heterocycles. The second-order valence-electron chi connectivity index (χ2n) is 4.99. The van der Waals surface area contributed by atoms with Gasteiger partial charge >= 0.3 is 0 Å². The van der Waals surface area contributed by atoms with Gasteiger partial charge in [-0.1, -0.05) is 23.8 Å². The van der Waals surface area contributed by atoms with Crippen LogP contribution in [0.25, 0.3) is 0 Å². The zero-order valence-electron chi connectivity index (χ0n) is 11.4. The maximum atomic E-state index is 12.5. The molecule has 1 heterocycles. The van der Waals surface area contributed by atoms with Crippen molar-refractivity contribution in [3.05, 3.63) is 34.3 Å². The summed E-state index contributed by atoms with van der Waals surface area (Å²) in [5.74, 6) is 0.0640. The molecule has 20 heavy (non-hydrogen) atoms. The van der Waals surface area contributed by atoms with Gasteiger partial charge in [0.05, 0.1) is 4.99 Å². The van der Waals surface area contributed by atoms with Gasteiger partial charge in [-0.25, -0.2) is 0 Å². The van der Waals surface area contributed by atoms with Crippen molar-refractivity contribution >= 4 is 34.7 Å². The molecule has 6 heteroatoms. The predicted octanol–water partition coefficient (Wildman–Crippen LogP) is 1.69. The Bertz CT molecular complexity index is 527. The van der Waals surface area contributed by atoms with E-state index in [1.807, 2.05) is 17.9 Å². The molecule has 0 radical (unpaired) electrons. The van der Waals surface area contributed by atoms with Crippen LogP contribution in [-0.4, -0.2) is 53.4 Å². The second-order valence-corrected chi connectivity index (χ2v) is 5.95. The zero-order chi connectivity index (χ0) is 14.7. The highest BCUT2D eigenvalue weighted by Crippen LogP contribution is 2.17. The number of rotatable bonds is 3. The smallest absolute Gasteiger partial charge is 0.254 e. The number of piperazine rings is 1. The summed E-state index contributed by atoms with van der Waals surface area (Å²) in [6.07, 6.45) is 0. The molecule has 0 aliphatic carbocycles. The topological polar surface area (TPSA) is 49.6 Å². The lowest BCUT2D eigenvalue weighted by Crippen LogP contribution is -2.50. The third kappa shape index (κ3) is 3.69. The lowest BCUT2D eigenvalue weighted by molar-refractivity contribution is 0.0654. The summed E-state index contributed by atoms with van der Waals surface area (Å²) >= 11 is 10.8. The first-order valence-corrected chi connectivity index (χ1v) is 7.32. The standard InChI is InChI=1S/C14H18ClN3OS/c1-10-8-11(15)2-3-12(10)14(19)18-6-4-17(5-7-18)9-13(16)20/h2-3,8H,4-7,9H2,1H3,(H2,16,20). The Balaban J connectivity index is 1.99. The first-order chi connectivity index (χ1) is 9.47. The fourth-order valence-electron chi connectivity index (χ4n) is 2.37. The Morgan fingerprint density at radius 2 is 2.00 bits per heavy atom. The number of nitrogens with zero attached hydrogens (tertiary/aromatic N) is 2. The van der Waals surface area contributed by atoms with Gasteiger partial charge < -0.3 is 10.6 Å². The number of nitrogens with two attached hydrogens (primary N) is 1. The number of benzene rings is 1. The van der Waals surface area contributed by atoms with Gasteiger partial charge in [0, 0.05) is 43.3 Å². The van der Waals surface area contributed by atoms with Gasteiger partial charge in [0.1, 0.15) is 0 Å². The van der Waals surface area contributed by atoms with E-state index in [1.54, 1.807) is 12.1 Å². The molecule has 1 fully saturated rings. The van der Waals surface area contributed by atoms with Crippen LogP contribution in [0.4, 0.5) is 0 Å². The molecule has 0 saturated carbocycles. The van der Waals surface area contributed by atoms with Crippen LogP contribution in [0.15, 0.2) is 18.2 Å². The molecule has 1 aliphatic heterocycles. The van der Waals surface area contributed by atoms with Gasteiger partial charge in [0.15, 0.2) is 0 Å². The summed E-state index contributed by atoms with van der Waals surface area (Å²) in [4.78, 5) is 17.0. The summed E-state index contributed by atoms with van der Waals surface area (Å²) in [6.45, 7) is 5.53. The Kier molecular flexibility index (Phi) is 4.96. The monoisotopic (exact) mass is 311 g/mol. The van der Waals surface area contributed by atoms with Crippen molar-refractivity contribution in [2.45, 2.75) is 6.92 Å². The van der Waals surface area contributed by atoms with E-state index in [0.29, 0.717) is 29.6 Å². The van der Waals surface area contributed by atoms with Crippen LogP contribution >= 0.6 is 23.8 Å². The Hall–Kier alpha value is -1.17. The SMILES string of the molecule is Cc1cc(Cl)ccc1C(=O)N1CCN(CC(N)=S)CC1. The minimum atomic E-state index is 0.0640. The number of hydrogen-bond donors (Lipinski definition) is 1. The van der Waals surface area contributed by atoms with Crippen LogP contribution in [0.5, 0.6) is 0 Å². The summed E-state index contributed by atoms with van der Waals surface area (Å²) in [5, 5.41) is 0.653. The van der Waals surface area contributed by atoms with Crippen LogP contribution in [0.1, 0.15) is 15.9 Å². The van der Waals surface area contributed by atoms with Gasteiger partial charge in [-0.3, -0.25) is 9.69 Å². The third-order valence-electron chi connectivity index (χ3n) is 3.46. The summed E-state index contributed by atoms with van der Waals surface area (Å²) in [6, 6.07) is 5.37. The van der Waals surface area contributed by atoms with Gasteiger partial charge in [-0.2, -0.15) is 0 Å². The van der Waals surface area contributed by atoms with Crippen LogP contribution in [0.3, 0.4) is 0 Å². The molecular formula is C14H18ClN3OS. The lowest BCUT2D eigenvalue weighted by atomic mass is 10.1. The number of amides is 1.